The summed E-state index contributed by atoms with van der Waals surface area (Å²) < 4.78 is 28.7. The molecule has 0 aliphatic carbocycles. The largest absolute Gasteiger partial charge is 0.434 e. The van der Waals surface area contributed by atoms with E-state index in [4.69, 9.17) is 0 Å². The van der Waals surface area contributed by atoms with E-state index in [1.807, 2.05) is 0 Å². The van der Waals surface area contributed by atoms with Gasteiger partial charge in [-0.05, 0) is 17.5 Å². The Kier molecular flexibility index (Phi) is 2.81. The lowest BCUT2D eigenvalue weighted by Gasteiger charge is -2.08. The van der Waals surface area contributed by atoms with Gasteiger partial charge in [0, 0.05) is 10.9 Å². The molecule has 0 aromatic heterocycles. The van der Waals surface area contributed by atoms with E-state index in [0.29, 0.717) is 22.6 Å². The van der Waals surface area contributed by atoms with Gasteiger partial charge in [0.1, 0.15) is 12.0 Å². The van der Waals surface area contributed by atoms with Crippen LogP contribution in [0.2, 0.25) is 0 Å². The minimum Gasteiger partial charge on any atom is -0.434 e. The molecule has 0 saturated carbocycles. The molecule has 4 heteroatoms. The standard InChI is InChI=1S/C12H8F2O2/c13-12(14)16-11-6-8(7-15)5-9-3-1-2-4-10(9)11/h1-7,12H. The van der Waals surface area contributed by atoms with E-state index < -0.39 is 6.61 Å². The summed E-state index contributed by atoms with van der Waals surface area (Å²) in [4.78, 5) is 10.6. The topological polar surface area (TPSA) is 26.3 Å². The van der Waals surface area contributed by atoms with Gasteiger partial charge in [-0.1, -0.05) is 24.3 Å². The number of carbonyl (C=O) groups is 1. The van der Waals surface area contributed by atoms with E-state index in [9.17, 15) is 13.6 Å². The van der Waals surface area contributed by atoms with Crippen LogP contribution in [0.3, 0.4) is 0 Å². The fraction of sp³-hybridized carbons (Fsp3) is 0.0833. The quantitative estimate of drug-likeness (QED) is 0.745. The molecule has 0 spiro atoms. The lowest BCUT2D eigenvalue weighted by molar-refractivity contribution is -0.0488. The summed E-state index contributed by atoms with van der Waals surface area (Å²) in [6, 6.07) is 9.83. The first-order chi connectivity index (χ1) is 7.70. The molecule has 2 aromatic rings. The van der Waals surface area contributed by atoms with E-state index in [1.54, 1.807) is 30.3 Å². The second-order valence-electron chi connectivity index (χ2n) is 3.24. The molecule has 0 fully saturated rings. The first kappa shape index (κ1) is 10.5. The minimum absolute atomic E-state index is 0.0233. The summed E-state index contributed by atoms with van der Waals surface area (Å²) in [5, 5.41) is 1.26. The van der Waals surface area contributed by atoms with Crippen LogP contribution < -0.4 is 4.74 Å². The van der Waals surface area contributed by atoms with Gasteiger partial charge in [0.15, 0.2) is 0 Å². The Labute approximate surface area is 90.4 Å². The fourth-order valence-electron chi connectivity index (χ4n) is 1.56. The maximum absolute atomic E-state index is 12.2. The highest BCUT2D eigenvalue weighted by molar-refractivity contribution is 5.93. The number of fused-ring (bicyclic) bond motifs is 1. The lowest BCUT2D eigenvalue weighted by Crippen LogP contribution is -2.02. The van der Waals surface area contributed by atoms with Crippen molar-refractivity contribution in [3.63, 3.8) is 0 Å². The van der Waals surface area contributed by atoms with Crippen molar-refractivity contribution in [1.82, 2.24) is 0 Å². The van der Waals surface area contributed by atoms with Crippen LogP contribution in [-0.2, 0) is 0 Å². The third-order valence-corrected chi connectivity index (χ3v) is 2.20. The summed E-state index contributed by atoms with van der Waals surface area (Å²) in [5.74, 6) is 0.0233. The maximum Gasteiger partial charge on any atom is 0.387 e. The lowest BCUT2D eigenvalue weighted by atomic mass is 10.1. The van der Waals surface area contributed by atoms with Gasteiger partial charge in [0.25, 0.3) is 0 Å². The summed E-state index contributed by atoms with van der Waals surface area (Å²) in [7, 11) is 0. The molecule has 82 valence electrons. The van der Waals surface area contributed by atoms with Crippen LogP contribution in [0, 0.1) is 0 Å². The Morgan fingerprint density at radius 2 is 1.94 bits per heavy atom. The SMILES string of the molecule is O=Cc1cc(OC(F)F)c2ccccc2c1. The molecular formula is C12H8F2O2. The number of carbonyl (C=O) groups excluding carboxylic acids is 1. The van der Waals surface area contributed by atoms with Gasteiger partial charge in [-0.3, -0.25) is 4.79 Å². The summed E-state index contributed by atoms with van der Waals surface area (Å²) in [6.07, 6.45) is 0.602. The number of ether oxygens (including phenoxy) is 1. The Morgan fingerprint density at radius 1 is 1.19 bits per heavy atom. The van der Waals surface area contributed by atoms with Gasteiger partial charge in [-0.25, -0.2) is 0 Å². The van der Waals surface area contributed by atoms with E-state index in [0.717, 1.165) is 0 Å². The number of alkyl halides is 2. The first-order valence-electron chi connectivity index (χ1n) is 4.63. The number of rotatable bonds is 3. The molecule has 0 unspecified atom stereocenters. The van der Waals surface area contributed by atoms with Crippen LogP contribution in [0.4, 0.5) is 8.78 Å². The molecule has 0 N–H and O–H groups in total. The van der Waals surface area contributed by atoms with Crippen molar-refractivity contribution in [2.45, 2.75) is 6.61 Å². The normalized spacial score (nSPS) is 10.7. The van der Waals surface area contributed by atoms with E-state index >= 15 is 0 Å². The van der Waals surface area contributed by atoms with Crippen molar-refractivity contribution in [3.8, 4) is 5.75 Å². The van der Waals surface area contributed by atoms with Crippen LogP contribution >= 0.6 is 0 Å². The molecule has 0 radical (unpaired) electrons. The Bertz CT molecular complexity index is 523. The van der Waals surface area contributed by atoms with Gasteiger partial charge < -0.3 is 4.74 Å². The molecule has 0 aliphatic rings. The summed E-state index contributed by atoms with van der Waals surface area (Å²) >= 11 is 0. The monoisotopic (exact) mass is 222 g/mol. The average Bonchev–Trinajstić information content (AvgIpc) is 2.28. The molecule has 2 aromatic carbocycles. The molecule has 0 atom stereocenters. The van der Waals surface area contributed by atoms with Gasteiger partial charge in [0.2, 0.25) is 0 Å². The molecule has 2 nitrogen and oxygen atoms in total. The number of halogens is 2. The Balaban J connectivity index is 2.63. The van der Waals surface area contributed by atoms with Gasteiger partial charge in [0.05, 0.1) is 0 Å². The van der Waals surface area contributed by atoms with Crippen molar-refractivity contribution in [1.29, 1.82) is 0 Å². The molecule has 2 rings (SSSR count). The number of hydrogen-bond acceptors (Lipinski definition) is 2. The van der Waals surface area contributed by atoms with Crippen LogP contribution in [0.5, 0.6) is 5.75 Å². The first-order valence-corrected chi connectivity index (χ1v) is 4.63. The van der Waals surface area contributed by atoms with Crippen LogP contribution in [0.15, 0.2) is 36.4 Å². The zero-order valence-corrected chi connectivity index (χ0v) is 8.19. The average molecular weight is 222 g/mol. The second kappa shape index (κ2) is 4.26. The van der Waals surface area contributed by atoms with E-state index in [2.05, 4.69) is 4.74 Å². The highest BCUT2D eigenvalue weighted by atomic mass is 19.3. The van der Waals surface area contributed by atoms with Crippen molar-refractivity contribution in [2.75, 3.05) is 0 Å². The summed E-state index contributed by atoms with van der Waals surface area (Å²) in [5.41, 5.74) is 0.314. The third-order valence-electron chi connectivity index (χ3n) is 2.20. The smallest absolute Gasteiger partial charge is 0.387 e. The van der Waals surface area contributed by atoms with Crippen molar-refractivity contribution >= 4 is 17.1 Å². The Hall–Kier alpha value is -1.97. The predicted molar refractivity (Wildman–Crippen MR) is 56.0 cm³/mol. The zero-order chi connectivity index (χ0) is 11.5. The van der Waals surface area contributed by atoms with Crippen molar-refractivity contribution in [2.24, 2.45) is 0 Å². The minimum atomic E-state index is -2.90. The number of aldehydes is 1. The number of hydrogen-bond donors (Lipinski definition) is 0. The fourth-order valence-corrected chi connectivity index (χ4v) is 1.56. The van der Waals surface area contributed by atoms with Crippen molar-refractivity contribution < 1.29 is 18.3 Å². The van der Waals surface area contributed by atoms with E-state index in [-0.39, 0.29) is 5.75 Å². The van der Waals surface area contributed by atoms with Crippen LogP contribution in [-0.4, -0.2) is 12.9 Å². The molecule has 0 amide bonds. The molecule has 0 saturated heterocycles. The molecule has 16 heavy (non-hydrogen) atoms. The molecule has 0 aliphatic heterocycles. The van der Waals surface area contributed by atoms with E-state index in [1.165, 1.54) is 6.07 Å². The molecule has 0 heterocycles. The van der Waals surface area contributed by atoms with Crippen LogP contribution in [0.25, 0.3) is 10.8 Å². The zero-order valence-electron chi connectivity index (χ0n) is 8.19. The highest BCUT2D eigenvalue weighted by Gasteiger charge is 2.09. The second-order valence-corrected chi connectivity index (χ2v) is 3.24. The van der Waals surface area contributed by atoms with Crippen molar-refractivity contribution in [3.05, 3.63) is 42.0 Å². The van der Waals surface area contributed by atoms with Gasteiger partial charge >= 0.3 is 6.61 Å². The van der Waals surface area contributed by atoms with Gasteiger partial charge in [-0.2, -0.15) is 8.78 Å². The number of benzene rings is 2. The Morgan fingerprint density at radius 3 is 2.62 bits per heavy atom. The van der Waals surface area contributed by atoms with Gasteiger partial charge in [-0.15, -0.1) is 0 Å². The third kappa shape index (κ3) is 2.00. The predicted octanol–water partition coefficient (Wildman–Crippen LogP) is 3.25. The summed E-state index contributed by atoms with van der Waals surface area (Å²) in [6.45, 7) is -2.90. The molecular weight excluding hydrogens is 214 g/mol. The molecule has 0 bridgehead atoms. The van der Waals surface area contributed by atoms with Crippen LogP contribution in [0.1, 0.15) is 10.4 Å². The highest BCUT2D eigenvalue weighted by Crippen LogP contribution is 2.28. The maximum atomic E-state index is 12.2.